The molecule has 1 aliphatic carbocycles. The number of hydrogen-bond donors (Lipinski definition) is 1. The zero-order valence-corrected chi connectivity index (χ0v) is 11.4. The Labute approximate surface area is 105 Å². The first-order valence-electron chi connectivity index (χ1n) is 6.78. The van der Waals surface area contributed by atoms with Crippen LogP contribution in [-0.4, -0.2) is 6.04 Å². The average Bonchev–Trinajstić information content (AvgIpc) is 2.68. The van der Waals surface area contributed by atoms with Crippen LogP contribution in [0.3, 0.4) is 0 Å². The molecule has 1 atom stereocenters. The fraction of sp³-hybridized carbons (Fsp3) is 0.625. The van der Waals surface area contributed by atoms with Gasteiger partial charge in [-0.3, -0.25) is 0 Å². The zero-order chi connectivity index (χ0) is 12.5. The van der Waals surface area contributed by atoms with E-state index >= 15 is 0 Å². The van der Waals surface area contributed by atoms with Gasteiger partial charge in [-0.2, -0.15) is 0 Å². The lowest BCUT2D eigenvalue weighted by molar-refractivity contribution is 0.314. The maximum Gasteiger partial charge on any atom is 0.00737 e. The summed E-state index contributed by atoms with van der Waals surface area (Å²) in [6.45, 7) is 6.88. The predicted molar refractivity (Wildman–Crippen MR) is 74.0 cm³/mol. The van der Waals surface area contributed by atoms with Gasteiger partial charge >= 0.3 is 0 Å². The minimum Gasteiger partial charge on any atom is -0.327 e. The second kappa shape index (κ2) is 4.81. The van der Waals surface area contributed by atoms with Crippen molar-refractivity contribution < 1.29 is 0 Å². The second-order valence-corrected chi connectivity index (χ2v) is 6.70. The van der Waals surface area contributed by atoms with E-state index in [1.165, 1.54) is 30.4 Å². The molecule has 0 amide bonds. The average molecular weight is 231 g/mol. The molecule has 1 aromatic carbocycles. The molecule has 2 rings (SSSR count). The predicted octanol–water partition coefficient (Wildman–Crippen LogP) is 3.56. The lowest BCUT2D eigenvalue weighted by Gasteiger charge is -2.24. The maximum absolute atomic E-state index is 6.37. The summed E-state index contributed by atoms with van der Waals surface area (Å²) in [5.41, 5.74) is 9.81. The van der Waals surface area contributed by atoms with Gasteiger partial charge in [-0.25, -0.2) is 0 Å². The van der Waals surface area contributed by atoms with Crippen LogP contribution in [0.4, 0.5) is 0 Å². The van der Waals surface area contributed by atoms with E-state index in [1.807, 2.05) is 0 Å². The SMILES string of the molecule is CC(C)(C)CCC(N)C1Cc2ccccc2C1. The quantitative estimate of drug-likeness (QED) is 0.846. The Bertz CT molecular complexity index is 350. The smallest absolute Gasteiger partial charge is 0.00737 e. The van der Waals surface area contributed by atoms with Gasteiger partial charge in [0.1, 0.15) is 0 Å². The van der Waals surface area contributed by atoms with Gasteiger partial charge in [-0.1, -0.05) is 45.0 Å². The lowest BCUT2D eigenvalue weighted by Crippen LogP contribution is -2.31. The van der Waals surface area contributed by atoms with Crippen molar-refractivity contribution in [2.75, 3.05) is 0 Å². The first kappa shape index (κ1) is 12.6. The third kappa shape index (κ3) is 3.32. The van der Waals surface area contributed by atoms with Crippen LogP contribution < -0.4 is 5.73 Å². The van der Waals surface area contributed by atoms with Crippen molar-refractivity contribution in [1.29, 1.82) is 0 Å². The second-order valence-electron chi connectivity index (χ2n) is 6.70. The molecule has 0 fully saturated rings. The number of hydrogen-bond acceptors (Lipinski definition) is 1. The van der Waals surface area contributed by atoms with E-state index in [0.29, 0.717) is 17.4 Å². The Kier molecular flexibility index (Phi) is 3.58. The highest BCUT2D eigenvalue weighted by Gasteiger charge is 2.26. The van der Waals surface area contributed by atoms with E-state index in [-0.39, 0.29) is 0 Å². The molecule has 0 saturated heterocycles. The summed E-state index contributed by atoms with van der Waals surface area (Å²) in [6.07, 6.45) is 4.74. The van der Waals surface area contributed by atoms with Gasteiger partial charge in [0, 0.05) is 6.04 Å². The Balaban J connectivity index is 1.90. The fourth-order valence-corrected chi connectivity index (χ4v) is 2.73. The summed E-state index contributed by atoms with van der Waals surface area (Å²) >= 11 is 0. The summed E-state index contributed by atoms with van der Waals surface area (Å²) in [4.78, 5) is 0. The van der Waals surface area contributed by atoms with E-state index in [1.54, 1.807) is 0 Å². The third-order valence-corrected chi connectivity index (χ3v) is 3.92. The molecule has 94 valence electrons. The fourth-order valence-electron chi connectivity index (χ4n) is 2.73. The Morgan fingerprint density at radius 2 is 1.71 bits per heavy atom. The molecule has 0 radical (unpaired) electrons. The van der Waals surface area contributed by atoms with Gasteiger partial charge < -0.3 is 5.73 Å². The van der Waals surface area contributed by atoms with Crippen molar-refractivity contribution >= 4 is 0 Å². The van der Waals surface area contributed by atoms with Crippen LogP contribution in [0, 0.1) is 11.3 Å². The van der Waals surface area contributed by atoms with Gasteiger partial charge in [-0.05, 0) is 48.1 Å². The summed E-state index contributed by atoms with van der Waals surface area (Å²) in [6, 6.07) is 9.16. The molecule has 2 N–H and O–H groups in total. The summed E-state index contributed by atoms with van der Waals surface area (Å²) in [5, 5.41) is 0. The van der Waals surface area contributed by atoms with Crippen LogP contribution in [0.1, 0.15) is 44.7 Å². The van der Waals surface area contributed by atoms with Gasteiger partial charge in [-0.15, -0.1) is 0 Å². The maximum atomic E-state index is 6.37. The Hall–Kier alpha value is -0.820. The highest BCUT2D eigenvalue weighted by Crippen LogP contribution is 2.31. The molecule has 1 aromatic rings. The van der Waals surface area contributed by atoms with Crippen LogP contribution in [-0.2, 0) is 12.8 Å². The lowest BCUT2D eigenvalue weighted by atomic mass is 9.85. The molecule has 0 spiro atoms. The van der Waals surface area contributed by atoms with Crippen molar-refractivity contribution in [3.05, 3.63) is 35.4 Å². The van der Waals surface area contributed by atoms with E-state index in [4.69, 9.17) is 5.73 Å². The molecule has 1 nitrogen and oxygen atoms in total. The van der Waals surface area contributed by atoms with Crippen molar-refractivity contribution in [2.45, 2.75) is 52.5 Å². The van der Waals surface area contributed by atoms with Crippen molar-refractivity contribution in [3.63, 3.8) is 0 Å². The molecule has 0 saturated carbocycles. The van der Waals surface area contributed by atoms with Crippen LogP contribution in [0.2, 0.25) is 0 Å². The van der Waals surface area contributed by atoms with Crippen LogP contribution in [0.5, 0.6) is 0 Å². The first-order valence-corrected chi connectivity index (χ1v) is 6.78. The monoisotopic (exact) mass is 231 g/mol. The third-order valence-electron chi connectivity index (χ3n) is 3.92. The Morgan fingerprint density at radius 3 is 2.18 bits per heavy atom. The van der Waals surface area contributed by atoms with Crippen LogP contribution in [0.15, 0.2) is 24.3 Å². The molecule has 17 heavy (non-hydrogen) atoms. The van der Waals surface area contributed by atoms with E-state index in [9.17, 15) is 0 Å². The van der Waals surface area contributed by atoms with Crippen molar-refractivity contribution in [3.8, 4) is 0 Å². The minimum atomic E-state index is 0.363. The van der Waals surface area contributed by atoms with E-state index in [0.717, 1.165) is 6.42 Å². The van der Waals surface area contributed by atoms with Gasteiger partial charge in [0.05, 0.1) is 0 Å². The van der Waals surface area contributed by atoms with E-state index in [2.05, 4.69) is 45.0 Å². The van der Waals surface area contributed by atoms with Gasteiger partial charge in [0.2, 0.25) is 0 Å². The van der Waals surface area contributed by atoms with Gasteiger partial charge in [0.15, 0.2) is 0 Å². The standard InChI is InChI=1S/C16H25N/c1-16(2,3)9-8-15(17)14-10-12-6-4-5-7-13(12)11-14/h4-7,14-15H,8-11,17H2,1-3H3. The largest absolute Gasteiger partial charge is 0.327 e. The molecular formula is C16H25N. The molecular weight excluding hydrogens is 206 g/mol. The zero-order valence-electron chi connectivity index (χ0n) is 11.4. The van der Waals surface area contributed by atoms with Crippen LogP contribution in [0.25, 0.3) is 0 Å². The number of benzene rings is 1. The number of fused-ring (bicyclic) bond motifs is 1. The highest BCUT2D eigenvalue weighted by molar-refractivity contribution is 5.32. The molecule has 1 heteroatoms. The number of rotatable bonds is 3. The molecule has 1 aliphatic rings. The summed E-state index contributed by atoms with van der Waals surface area (Å²) < 4.78 is 0. The van der Waals surface area contributed by atoms with E-state index < -0.39 is 0 Å². The van der Waals surface area contributed by atoms with Crippen molar-refractivity contribution in [2.24, 2.45) is 17.1 Å². The molecule has 0 aliphatic heterocycles. The molecule has 0 heterocycles. The molecule has 0 bridgehead atoms. The summed E-state index contributed by atoms with van der Waals surface area (Å²) in [5.74, 6) is 0.662. The van der Waals surface area contributed by atoms with Crippen molar-refractivity contribution in [1.82, 2.24) is 0 Å². The summed E-state index contributed by atoms with van der Waals surface area (Å²) in [7, 11) is 0. The minimum absolute atomic E-state index is 0.363. The highest BCUT2D eigenvalue weighted by atomic mass is 14.7. The molecule has 0 aromatic heterocycles. The van der Waals surface area contributed by atoms with Crippen LogP contribution >= 0.6 is 0 Å². The van der Waals surface area contributed by atoms with Gasteiger partial charge in [0.25, 0.3) is 0 Å². The topological polar surface area (TPSA) is 26.0 Å². The first-order chi connectivity index (χ1) is 7.96. The Morgan fingerprint density at radius 1 is 1.18 bits per heavy atom. The number of nitrogens with two attached hydrogens (primary N) is 1. The molecule has 1 unspecified atom stereocenters. The normalized spacial score (nSPS) is 18.1.